The summed E-state index contributed by atoms with van der Waals surface area (Å²) in [6.45, 7) is 1.86. The number of carbonyl (C=O) groups excluding carboxylic acids is 1. The molecular formula is C15H17F6NO3. The van der Waals surface area contributed by atoms with Gasteiger partial charge in [-0.3, -0.25) is 4.79 Å². The van der Waals surface area contributed by atoms with Gasteiger partial charge in [-0.05, 0) is 37.1 Å². The zero-order chi connectivity index (χ0) is 19.6. The quantitative estimate of drug-likeness (QED) is 0.613. The fourth-order valence-electron chi connectivity index (χ4n) is 1.99. The molecule has 0 fully saturated rings. The Morgan fingerprint density at radius 2 is 1.68 bits per heavy atom. The predicted octanol–water partition coefficient (Wildman–Crippen LogP) is 3.43. The summed E-state index contributed by atoms with van der Waals surface area (Å²) in [5.74, 6) is -0.809. The maximum Gasteiger partial charge on any atom is 0.421 e. The van der Waals surface area contributed by atoms with Crippen molar-refractivity contribution in [3.05, 3.63) is 34.9 Å². The molecule has 10 heteroatoms. The van der Waals surface area contributed by atoms with Gasteiger partial charge in [0, 0.05) is 6.04 Å². The molecule has 0 heterocycles. The van der Waals surface area contributed by atoms with Gasteiger partial charge in [-0.25, -0.2) is 0 Å². The Morgan fingerprint density at radius 1 is 1.16 bits per heavy atom. The average molecular weight is 373 g/mol. The molecule has 0 bridgehead atoms. The zero-order valence-electron chi connectivity index (χ0n) is 13.3. The molecule has 1 aromatic rings. The van der Waals surface area contributed by atoms with Gasteiger partial charge in [0.05, 0.1) is 18.6 Å². The van der Waals surface area contributed by atoms with E-state index in [1.807, 2.05) is 0 Å². The van der Waals surface area contributed by atoms with Crippen molar-refractivity contribution in [3.8, 4) is 0 Å². The van der Waals surface area contributed by atoms with Crippen molar-refractivity contribution < 1.29 is 41.0 Å². The van der Waals surface area contributed by atoms with Crippen molar-refractivity contribution in [2.24, 2.45) is 5.73 Å². The van der Waals surface area contributed by atoms with Gasteiger partial charge in [-0.15, -0.1) is 0 Å². The largest absolute Gasteiger partial charge is 0.466 e. The number of ether oxygens (including phenoxy) is 1. The molecule has 2 unspecified atom stereocenters. The Balaban J connectivity index is 3.40. The fraction of sp³-hybridized carbons (Fsp3) is 0.533. The molecule has 0 amide bonds. The molecule has 1 aromatic carbocycles. The third-order valence-electron chi connectivity index (χ3n) is 3.52. The summed E-state index contributed by atoms with van der Waals surface area (Å²) in [6, 6.07) is 0.115. The number of benzene rings is 1. The van der Waals surface area contributed by atoms with Crippen LogP contribution in [0.1, 0.15) is 43.0 Å². The molecule has 1 rings (SSSR count). The summed E-state index contributed by atoms with van der Waals surface area (Å²) >= 11 is 0. The first-order chi connectivity index (χ1) is 11.2. The standard InChI is InChI=1S/C15H17F6NO3/c1-3-25-12(23)7-11(22)8-4-9(13(2,24)15(19,20)21)6-10(5-8)14(16,17)18/h4-6,11,24H,3,7,22H2,1-2H3. The van der Waals surface area contributed by atoms with Crippen molar-refractivity contribution in [2.75, 3.05) is 6.61 Å². The van der Waals surface area contributed by atoms with Gasteiger partial charge in [-0.1, -0.05) is 6.07 Å². The van der Waals surface area contributed by atoms with Crippen LogP contribution in [0.25, 0.3) is 0 Å². The lowest BCUT2D eigenvalue weighted by molar-refractivity contribution is -0.259. The lowest BCUT2D eigenvalue weighted by atomic mass is 9.89. The number of nitrogens with two attached hydrogens (primary N) is 1. The van der Waals surface area contributed by atoms with E-state index in [2.05, 4.69) is 4.74 Å². The first kappa shape index (κ1) is 21.2. The van der Waals surface area contributed by atoms with Gasteiger partial charge in [0.15, 0.2) is 5.60 Å². The normalized spacial score (nSPS) is 16.2. The Hall–Kier alpha value is -1.81. The van der Waals surface area contributed by atoms with E-state index in [0.717, 1.165) is 0 Å². The summed E-state index contributed by atoms with van der Waals surface area (Å²) in [7, 11) is 0. The molecule has 0 saturated carbocycles. The number of hydrogen-bond acceptors (Lipinski definition) is 4. The topological polar surface area (TPSA) is 72.5 Å². The molecule has 142 valence electrons. The number of rotatable bonds is 5. The van der Waals surface area contributed by atoms with Crippen LogP contribution in [0.4, 0.5) is 26.3 Å². The molecule has 0 aromatic heterocycles. The van der Waals surface area contributed by atoms with Crippen LogP contribution in [-0.2, 0) is 21.3 Å². The summed E-state index contributed by atoms with van der Waals surface area (Å²) in [5, 5.41) is 9.66. The van der Waals surface area contributed by atoms with Gasteiger partial charge in [-0.2, -0.15) is 26.3 Å². The molecule has 4 nitrogen and oxygen atoms in total. The maximum atomic E-state index is 13.0. The van der Waals surface area contributed by atoms with Crippen molar-refractivity contribution >= 4 is 5.97 Å². The Bertz CT molecular complexity index is 625. The minimum atomic E-state index is -5.21. The summed E-state index contributed by atoms with van der Waals surface area (Å²) in [6.07, 6.45) is -10.7. The van der Waals surface area contributed by atoms with Gasteiger partial charge < -0.3 is 15.6 Å². The van der Waals surface area contributed by atoms with Gasteiger partial charge in [0.25, 0.3) is 0 Å². The highest BCUT2D eigenvalue weighted by molar-refractivity contribution is 5.70. The third kappa shape index (κ3) is 5.08. The monoisotopic (exact) mass is 373 g/mol. The molecule has 25 heavy (non-hydrogen) atoms. The van der Waals surface area contributed by atoms with Crippen LogP contribution in [0.3, 0.4) is 0 Å². The molecular weight excluding hydrogens is 356 g/mol. The number of hydrogen-bond donors (Lipinski definition) is 2. The zero-order valence-corrected chi connectivity index (χ0v) is 13.3. The second-order valence-electron chi connectivity index (χ2n) is 5.53. The van der Waals surface area contributed by atoms with E-state index in [1.165, 1.54) is 6.92 Å². The highest BCUT2D eigenvalue weighted by atomic mass is 19.4. The molecule has 0 aliphatic carbocycles. The number of halogens is 6. The van der Waals surface area contributed by atoms with E-state index in [4.69, 9.17) is 5.73 Å². The van der Waals surface area contributed by atoms with Crippen LogP contribution in [0.2, 0.25) is 0 Å². The van der Waals surface area contributed by atoms with E-state index < -0.39 is 47.5 Å². The second-order valence-corrected chi connectivity index (χ2v) is 5.53. The van der Waals surface area contributed by atoms with Crippen LogP contribution in [0.5, 0.6) is 0 Å². The van der Waals surface area contributed by atoms with E-state index in [1.54, 1.807) is 0 Å². The summed E-state index contributed by atoms with van der Waals surface area (Å²) in [5.41, 5.74) is -0.702. The van der Waals surface area contributed by atoms with Gasteiger partial charge in [0.2, 0.25) is 0 Å². The van der Waals surface area contributed by atoms with Crippen LogP contribution in [0.15, 0.2) is 18.2 Å². The van der Waals surface area contributed by atoms with E-state index in [0.29, 0.717) is 19.1 Å². The highest BCUT2D eigenvalue weighted by Crippen LogP contribution is 2.41. The summed E-state index contributed by atoms with van der Waals surface area (Å²) < 4.78 is 82.4. The number of aliphatic hydroxyl groups is 1. The first-order valence-electron chi connectivity index (χ1n) is 7.13. The Kier molecular flexibility index (Phi) is 6.12. The molecule has 0 spiro atoms. The average Bonchev–Trinajstić information content (AvgIpc) is 2.44. The molecule has 0 saturated heterocycles. The fourth-order valence-corrected chi connectivity index (χ4v) is 1.99. The molecule has 3 N–H and O–H groups in total. The molecule has 0 aliphatic heterocycles. The van der Waals surface area contributed by atoms with Crippen molar-refractivity contribution in [3.63, 3.8) is 0 Å². The third-order valence-corrected chi connectivity index (χ3v) is 3.52. The van der Waals surface area contributed by atoms with Crippen LogP contribution >= 0.6 is 0 Å². The Labute approximate surface area is 139 Å². The van der Waals surface area contributed by atoms with Gasteiger partial charge >= 0.3 is 18.3 Å². The minimum absolute atomic E-state index is 0.0161. The number of esters is 1. The van der Waals surface area contributed by atoms with Crippen LogP contribution in [-0.4, -0.2) is 23.9 Å². The second kappa shape index (κ2) is 7.20. The van der Waals surface area contributed by atoms with E-state index >= 15 is 0 Å². The van der Waals surface area contributed by atoms with Crippen LogP contribution in [0, 0.1) is 0 Å². The van der Waals surface area contributed by atoms with Gasteiger partial charge in [0.1, 0.15) is 0 Å². The molecule has 2 atom stereocenters. The van der Waals surface area contributed by atoms with E-state index in [9.17, 15) is 36.2 Å². The van der Waals surface area contributed by atoms with Crippen molar-refractivity contribution in [1.82, 2.24) is 0 Å². The summed E-state index contributed by atoms with van der Waals surface area (Å²) in [4.78, 5) is 11.4. The Morgan fingerprint density at radius 3 is 2.12 bits per heavy atom. The lowest BCUT2D eigenvalue weighted by Crippen LogP contribution is -2.39. The van der Waals surface area contributed by atoms with Crippen molar-refractivity contribution in [1.29, 1.82) is 0 Å². The number of alkyl halides is 6. The van der Waals surface area contributed by atoms with E-state index in [-0.39, 0.29) is 18.2 Å². The van der Waals surface area contributed by atoms with Crippen molar-refractivity contribution in [2.45, 2.75) is 44.3 Å². The SMILES string of the molecule is CCOC(=O)CC(N)c1cc(C(F)(F)F)cc(C(C)(O)C(F)(F)F)c1. The lowest BCUT2D eigenvalue weighted by Gasteiger charge is -2.28. The number of carbonyl (C=O) groups is 1. The maximum absolute atomic E-state index is 13.0. The van der Waals surface area contributed by atoms with Crippen LogP contribution < -0.4 is 5.73 Å². The molecule has 0 radical (unpaired) electrons. The smallest absolute Gasteiger partial charge is 0.421 e. The first-order valence-corrected chi connectivity index (χ1v) is 7.13. The highest BCUT2D eigenvalue weighted by Gasteiger charge is 2.52. The minimum Gasteiger partial charge on any atom is -0.466 e. The molecule has 0 aliphatic rings. The predicted molar refractivity (Wildman–Crippen MR) is 75.2 cm³/mol.